The Morgan fingerprint density at radius 3 is 2.43 bits per heavy atom. The maximum absolute atomic E-state index is 14.0. The smallest absolute Gasteiger partial charge is 0.448 e. The summed E-state index contributed by atoms with van der Waals surface area (Å²) in [5, 5.41) is 12.9. The summed E-state index contributed by atoms with van der Waals surface area (Å²) in [5.74, 6) is -0.316. The molecule has 2 saturated heterocycles. The number of hydrogen-bond acceptors (Lipinski definition) is 11. The molecule has 250 valence electrons. The van der Waals surface area contributed by atoms with Crippen LogP contribution in [0.3, 0.4) is 0 Å². The average molecular weight is 669 g/mol. The number of ether oxygens (including phenoxy) is 1. The number of hydroxylamine groups is 2. The normalized spacial score (nSPS) is 18.7. The number of carbonyl (C=O) groups excluding carboxylic acids is 2. The van der Waals surface area contributed by atoms with Crippen LogP contribution < -0.4 is 15.5 Å². The van der Waals surface area contributed by atoms with E-state index in [0.717, 1.165) is 6.42 Å². The molecule has 0 aliphatic carbocycles. The predicted molar refractivity (Wildman–Crippen MR) is 170 cm³/mol. The summed E-state index contributed by atoms with van der Waals surface area (Å²) in [4.78, 5) is 67.0. The number of benzene rings is 2. The van der Waals surface area contributed by atoms with Gasteiger partial charge in [0.1, 0.15) is 17.6 Å². The monoisotopic (exact) mass is 668 g/mol. The highest BCUT2D eigenvalue weighted by Crippen LogP contribution is 2.41. The predicted octanol–water partition coefficient (Wildman–Crippen LogP) is 2.44. The second kappa shape index (κ2) is 15.0. The summed E-state index contributed by atoms with van der Waals surface area (Å²) in [5.41, 5.74) is 0.965. The first kappa shape index (κ1) is 33.9. The lowest BCUT2D eigenvalue weighted by Gasteiger charge is -2.35. The third kappa shape index (κ3) is 8.31. The van der Waals surface area contributed by atoms with Gasteiger partial charge in [-0.1, -0.05) is 42.5 Å². The fourth-order valence-electron chi connectivity index (χ4n) is 5.47. The zero-order valence-electron chi connectivity index (χ0n) is 26.0. The van der Waals surface area contributed by atoms with Crippen LogP contribution in [0.1, 0.15) is 35.4 Å². The molecular weight excluding hydrogens is 631 g/mol. The molecule has 5 rings (SSSR count). The van der Waals surface area contributed by atoms with Crippen LogP contribution in [0.2, 0.25) is 0 Å². The largest absolute Gasteiger partial charge is 0.525 e. The molecule has 2 aromatic carbocycles. The first-order valence-corrected chi connectivity index (χ1v) is 16.7. The molecule has 2 aliphatic heterocycles. The van der Waals surface area contributed by atoms with Crippen LogP contribution in [-0.4, -0.2) is 107 Å². The van der Waals surface area contributed by atoms with Gasteiger partial charge in [-0.25, -0.2) is 14.8 Å². The van der Waals surface area contributed by atoms with Gasteiger partial charge in [0.25, 0.3) is 5.91 Å². The fourth-order valence-corrected chi connectivity index (χ4v) is 6.56. The lowest BCUT2D eigenvalue weighted by atomic mass is 10.0. The van der Waals surface area contributed by atoms with E-state index in [4.69, 9.17) is 24.2 Å². The quantitative estimate of drug-likeness (QED) is 0.254. The Morgan fingerprint density at radius 2 is 1.77 bits per heavy atom. The van der Waals surface area contributed by atoms with E-state index in [1.54, 1.807) is 26.2 Å². The van der Waals surface area contributed by atoms with Gasteiger partial charge >= 0.3 is 13.8 Å². The van der Waals surface area contributed by atoms with Crippen LogP contribution in [0, 0.1) is 0 Å². The Kier molecular flexibility index (Phi) is 10.8. The molecule has 0 spiro atoms. The molecular formula is C31H37N6O9P. The zero-order chi connectivity index (χ0) is 33.6. The first-order chi connectivity index (χ1) is 22.6. The number of piperazine rings is 1. The molecule has 2 aliphatic rings. The molecule has 3 aromatic rings. The van der Waals surface area contributed by atoms with Gasteiger partial charge < -0.3 is 39.2 Å². The maximum atomic E-state index is 14.0. The minimum absolute atomic E-state index is 0.0113. The number of rotatable bonds is 11. The van der Waals surface area contributed by atoms with Crippen molar-refractivity contribution in [2.75, 3.05) is 57.9 Å². The summed E-state index contributed by atoms with van der Waals surface area (Å²) >= 11 is 0. The first-order valence-electron chi connectivity index (χ1n) is 15.1. The Labute approximate surface area is 271 Å². The van der Waals surface area contributed by atoms with E-state index in [-0.39, 0.29) is 55.5 Å². The van der Waals surface area contributed by atoms with Crippen molar-refractivity contribution < 1.29 is 43.0 Å². The minimum atomic E-state index is -4.21. The van der Waals surface area contributed by atoms with Gasteiger partial charge in [0.05, 0.1) is 31.1 Å². The van der Waals surface area contributed by atoms with E-state index < -0.39 is 31.6 Å². The van der Waals surface area contributed by atoms with Crippen LogP contribution >= 0.6 is 7.60 Å². The molecule has 3 atom stereocenters. The van der Waals surface area contributed by atoms with E-state index in [0.29, 0.717) is 30.3 Å². The maximum Gasteiger partial charge on any atom is 0.525 e. The van der Waals surface area contributed by atoms with E-state index in [1.165, 1.54) is 28.2 Å². The molecule has 16 heteroatoms. The Balaban J connectivity index is 1.49. The molecule has 0 saturated carbocycles. The second-order valence-corrected chi connectivity index (χ2v) is 12.8. The number of hydrogen-bond donors (Lipinski definition) is 3. The number of anilines is 1. The fraction of sp³-hybridized carbons (Fsp3) is 0.387. The van der Waals surface area contributed by atoms with Crippen molar-refractivity contribution in [3.63, 3.8) is 0 Å². The molecule has 3 N–H and O–H groups in total. The van der Waals surface area contributed by atoms with Gasteiger partial charge in [-0.15, -0.1) is 5.06 Å². The van der Waals surface area contributed by atoms with Gasteiger partial charge in [-0.3, -0.25) is 14.2 Å². The minimum Gasteiger partial charge on any atom is -0.448 e. The molecule has 0 bridgehead atoms. The van der Waals surface area contributed by atoms with Gasteiger partial charge in [0.15, 0.2) is 5.82 Å². The van der Waals surface area contributed by atoms with Crippen molar-refractivity contribution in [3.8, 4) is 11.4 Å². The molecule has 1 aromatic heterocycles. The number of carboxylic acid groups (broad SMARTS) is 1. The molecule has 15 nitrogen and oxygen atoms in total. The Hall–Kier alpha value is -4.40. The number of aromatic nitrogens is 2. The van der Waals surface area contributed by atoms with Crippen LogP contribution in [0.5, 0.6) is 0 Å². The SMILES string of the molecule is CCOP(=O)(O)c1cccc(C(NC(=O)c2cc(N3CC[C@H](OC)C3)nc(-c3ccccc3)n2)C(=O)N2CCN(OC(=O)O)CC2)c1. The van der Waals surface area contributed by atoms with Crippen LogP contribution in [-0.2, 0) is 23.5 Å². The Bertz CT molecular complexity index is 1640. The van der Waals surface area contributed by atoms with Crippen molar-refractivity contribution in [2.24, 2.45) is 0 Å². The molecule has 0 radical (unpaired) electrons. The summed E-state index contributed by atoms with van der Waals surface area (Å²) in [6.45, 7) is 3.27. The van der Waals surface area contributed by atoms with E-state index in [1.807, 2.05) is 35.2 Å². The van der Waals surface area contributed by atoms with Gasteiger partial charge in [0.2, 0.25) is 5.91 Å². The third-order valence-corrected chi connectivity index (χ3v) is 9.43. The molecule has 3 heterocycles. The number of nitrogens with one attached hydrogen (secondary N) is 1. The van der Waals surface area contributed by atoms with Crippen LogP contribution in [0.15, 0.2) is 60.7 Å². The molecule has 2 fully saturated rings. The lowest BCUT2D eigenvalue weighted by molar-refractivity contribution is -0.154. The lowest BCUT2D eigenvalue weighted by Crippen LogP contribution is -2.52. The Morgan fingerprint density at radius 1 is 1.02 bits per heavy atom. The van der Waals surface area contributed by atoms with Gasteiger partial charge in [0, 0.05) is 44.9 Å². The van der Waals surface area contributed by atoms with Crippen molar-refractivity contribution in [1.82, 2.24) is 25.2 Å². The topological polar surface area (TPSA) is 184 Å². The molecule has 2 unspecified atom stereocenters. The highest BCUT2D eigenvalue weighted by atomic mass is 31.2. The zero-order valence-corrected chi connectivity index (χ0v) is 26.9. The summed E-state index contributed by atoms with van der Waals surface area (Å²) in [6, 6.07) is 15.3. The third-order valence-electron chi connectivity index (χ3n) is 7.89. The van der Waals surface area contributed by atoms with Crippen LogP contribution in [0.4, 0.5) is 10.6 Å². The second-order valence-electron chi connectivity index (χ2n) is 10.9. The van der Waals surface area contributed by atoms with E-state index in [2.05, 4.69) is 10.3 Å². The summed E-state index contributed by atoms with van der Waals surface area (Å²) in [6.07, 6.45) is -0.658. The van der Waals surface area contributed by atoms with Gasteiger partial charge in [-0.05, 0) is 31.0 Å². The van der Waals surface area contributed by atoms with E-state index >= 15 is 0 Å². The average Bonchev–Trinajstić information content (AvgIpc) is 3.57. The van der Waals surface area contributed by atoms with Crippen LogP contribution in [0.25, 0.3) is 11.4 Å². The van der Waals surface area contributed by atoms with E-state index in [9.17, 15) is 23.8 Å². The highest BCUT2D eigenvalue weighted by molar-refractivity contribution is 7.61. The van der Waals surface area contributed by atoms with Crippen molar-refractivity contribution in [3.05, 3.63) is 71.9 Å². The van der Waals surface area contributed by atoms with Crippen molar-refractivity contribution in [2.45, 2.75) is 25.5 Å². The highest BCUT2D eigenvalue weighted by Gasteiger charge is 2.33. The molecule has 47 heavy (non-hydrogen) atoms. The summed E-state index contributed by atoms with van der Waals surface area (Å²) < 4.78 is 23.5. The number of amides is 2. The molecule has 2 amide bonds. The van der Waals surface area contributed by atoms with Gasteiger partial charge in [-0.2, -0.15) is 0 Å². The van der Waals surface area contributed by atoms with Crippen molar-refractivity contribution >= 4 is 36.7 Å². The standard InChI is InChI=1S/C31H37N6O9P/c1-3-45-47(42,43)24-11-7-10-22(18-24)27(30(39)35-14-16-37(17-15-35)46-31(40)41)34-29(38)25-19-26(36-13-12-23(20-36)44-2)33-28(32-25)21-8-5-4-6-9-21/h4-11,18-19,23,27H,3,12-17,20H2,1-2H3,(H,34,38)(H,40,41)(H,42,43)/t23-,27?/m0/s1. The van der Waals surface area contributed by atoms with Crippen molar-refractivity contribution in [1.29, 1.82) is 0 Å². The summed E-state index contributed by atoms with van der Waals surface area (Å²) in [7, 11) is -2.56. The number of carbonyl (C=O) groups is 3. The number of nitrogens with zero attached hydrogens (tertiary/aromatic N) is 5. The number of methoxy groups -OCH3 is 1.